The first-order valence-electron chi connectivity index (χ1n) is 6.45. The Balaban J connectivity index is 1.72. The van der Waals surface area contributed by atoms with Crippen molar-refractivity contribution in [1.82, 2.24) is 5.32 Å². The minimum Gasteiger partial charge on any atom is -0.349 e. The normalized spacial score (nSPS) is 14.1. The van der Waals surface area contributed by atoms with E-state index in [0.717, 1.165) is 17.3 Å². The standard InChI is InChI=1S/C16H13BrClNO/c17-13-5-12(6-14(18)9-13)16(20)19-15-7-10-3-1-2-4-11(10)8-15/h1-6,9,15H,7-8H2,(H,19,20). The molecule has 0 radical (unpaired) electrons. The lowest BCUT2D eigenvalue weighted by Gasteiger charge is -2.12. The van der Waals surface area contributed by atoms with E-state index in [2.05, 4.69) is 33.4 Å². The average Bonchev–Trinajstić information content (AvgIpc) is 2.79. The zero-order valence-electron chi connectivity index (χ0n) is 10.7. The van der Waals surface area contributed by atoms with E-state index in [1.54, 1.807) is 18.2 Å². The van der Waals surface area contributed by atoms with Gasteiger partial charge in [-0.05, 0) is 42.2 Å². The fourth-order valence-corrected chi connectivity index (χ4v) is 3.47. The molecule has 4 heteroatoms. The van der Waals surface area contributed by atoms with Crippen LogP contribution in [0.4, 0.5) is 0 Å². The van der Waals surface area contributed by atoms with Crippen molar-refractivity contribution in [3.8, 4) is 0 Å². The number of rotatable bonds is 2. The number of carbonyl (C=O) groups is 1. The van der Waals surface area contributed by atoms with Crippen molar-refractivity contribution >= 4 is 33.4 Å². The Morgan fingerprint density at radius 1 is 1.15 bits per heavy atom. The van der Waals surface area contributed by atoms with Gasteiger partial charge in [0.1, 0.15) is 0 Å². The second-order valence-corrected chi connectivity index (χ2v) is 6.36. The summed E-state index contributed by atoms with van der Waals surface area (Å²) in [6, 6.07) is 13.7. The Labute approximate surface area is 131 Å². The van der Waals surface area contributed by atoms with Gasteiger partial charge in [0.05, 0.1) is 0 Å². The number of hydrogen-bond donors (Lipinski definition) is 1. The van der Waals surface area contributed by atoms with Crippen LogP contribution in [0, 0.1) is 0 Å². The highest BCUT2D eigenvalue weighted by atomic mass is 79.9. The third kappa shape index (κ3) is 2.89. The zero-order valence-corrected chi connectivity index (χ0v) is 13.0. The van der Waals surface area contributed by atoms with E-state index in [-0.39, 0.29) is 11.9 Å². The van der Waals surface area contributed by atoms with Gasteiger partial charge in [-0.2, -0.15) is 0 Å². The third-order valence-corrected chi connectivity index (χ3v) is 4.19. The summed E-state index contributed by atoms with van der Waals surface area (Å²) >= 11 is 9.33. The maximum atomic E-state index is 12.3. The summed E-state index contributed by atoms with van der Waals surface area (Å²) < 4.78 is 0.810. The van der Waals surface area contributed by atoms with Gasteiger partial charge in [-0.1, -0.05) is 51.8 Å². The quantitative estimate of drug-likeness (QED) is 0.871. The van der Waals surface area contributed by atoms with Crippen molar-refractivity contribution in [2.45, 2.75) is 18.9 Å². The van der Waals surface area contributed by atoms with Crippen LogP contribution in [0.5, 0.6) is 0 Å². The molecule has 0 bridgehead atoms. The first-order chi connectivity index (χ1) is 9.61. The van der Waals surface area contributed by atoms with E-state index in [4.69, 9.17) is 11.6 Å². The smallest absolute Gasteiger partial charge is 0.251 e. The molecule has 2 aromatic carbocycles. The predicted molar refractivity (Wildman–Crippen MR) is 84.3 cm³/mol. The topological polar surface area (TPSA) is 29.1 Å². The molecule has 0 heterocycles. The van der Waals surface area contributed by atoms with Gasteiger partial charge in [0.15, 0.2) is 0 Å². The number of amides is 1. The van der Waals surface area contributed by atoms with Crippen LogP contribution in [-0.2, 0) is 12.8 Å². The lowest BCUT2D eigenvalue weighted by molar-refractivity contribution is 0.0938. The van der Waals surface area contributed by atoms with Gasteiger partial charge in [0.2, 0.25) is 0 Å². The molecule has 1 aliphatic carbocycles. The molecule has 0 aromatic heterocycles. The minimum atomic E-state index is -0.0778. The summed E-state index contributed by atoms with van der Waals surface area (Å²) in [4.78, 5) is 12.3. The van der Waals surface area contributed by atoms with E-state index in [1.807, 2.05) is 12.1 Å². The van der Waals surface area contributed by atoms with Crippen molar-refractivity contribution in [3.05, 3.63) is 68.7 Å². The predicted octanol–water partition coefficient (Wildman–Crippen LogP) is 4.00. The molecule has 0 unspecified atom stereocenters. The van der Waals surface area contributed by atoms with Gasteiger partial charge < -0.3 is 5.32 Å². The second-order valence-electron chi connectivity index (χ2n) is 5.01. The molecule has 20 heavy (non-hydrogen) atoms. The lowest BCUT2D eigenvalue weighted by Crippen LogP contribution is -2.35. The molecule has 1 N–H and O–H groups in total. The molecule has 0 spiro atoms. The Kier molecular flexibility index (Phi) is 3.81. The van der Waals surface area contributed by atoms with Crippen LogP contribution in [0.3, 0.4) is 0 Å². The summed E-state index contributed by atoms with van der Waals surface area (Å²) in [7, 11) is 0. The van der Waals surface area contributed by atoms with Crippen molar-refractivity contribution in [2.75, 3.05) is 0 Å². The summed E-state index contributed by atoms with van der Waals surface area (Å²) in [5.74, 6) is -0.0778. The zero-order chi connectivity index (χ0) is 14.1. The highest BCUT2D eigenvalue weighted by Crippen LogP contribution is 2.23. The van der Waals surface area contributed by atoms with Crippen LogP contribution in [0.1, 0.15) is 21.5 Å². The third-order valence-electron chi connectivity index (χ3n) is 3.51. The summed E-state index contributed by atoms with van der Waals surface area (Å²) in [6.45, 7) is 0. The van der Waals surface area contributed by atoms with E-state index in [0.29, 0.717) is 10.6 Å². The van der Waals surface area contributed by atoms with Gasteiger partial charge in [-0.25, -0.2) is 0 Å². The van der Waals surface area contributed by atoms with E-state index in [9.17, 15) is 4.79 Å². The second kappa shape index (κ2) is 5.58. The SMILES string of the molecule is O=C(NC1Cc2ccccc2C1)c1cc(Cl)cc(Br)c1. The molecule has 3 rings (SSSR count). The maximum Gasteiger partial charge on any atom is 0.251 e. The maximum absolute atomic E-state index is 12.3. The van der Waals surface area contributed by atoms with Crippen LogP contribution in [-0.4, -0.2) is 11.9 Å². The molecular formula is C16H13BrClNO. The van der Waals surface area contributed by atoms with Crippen molar-refractivity contribution in [2.24, 2.45) is 0 Å². The lowest BCUT2D eigenvalue weighted by atomic mass is 10.1. The van der Waals surface area contributed by atoms with Gasteiger partial charge in [0.25, 0.3) is 5.91 Å². The molecule has 2 nitrogen and oxygen atoms in total. The number of benzene rings is 2. The number of halogens is 2. The van der Waals surface area contributed by atoms with Crippen molar-refractivity contribution < 1.29 is 4.79 Å². The fourth-order valence-electron chi connectivity index (χ4n) is 2.61. The number of fused-ring (bicyclic) bond motifs is 1. The van der Waals surface area contributed by atoms with Crippen LogP contribution in [0.2, 0.25) is 5.02 Å². The largest absolute Gasteiger partial charge is 0.349 e. The monoisotopic (exact) mass is 349 g/mol. The van der Waals surface area contributed by atoms with Gasteiger partial charge >= 0.3 is 0 Å². The van der Waals surface area contributed by atoms with Crippen LogP contribution < -0.4 is 5.32 Å². The molecule has 0 fully saturated rings. The highest BCUT2D eigenvalue weighted by molar-refractivity contribution is 9.10. The molecule has 0 aliphatic heterocycles. The van der Waals surface area contributed by atoms with E-state index in [1.165, 1.54) is 11.1 Å². The summed E-state index contributed by atoms with van der Waals surface area (Å²) in [5.41, 5.74) is 3.23. The van der Waals surface area contributed by atoms with E-state index < -0.39 is 0 Å². The Morgan fingerprint density at radius 2 is 1.80 bits per heavy atom. The Hall–Kier alpha value is -1.32. The molecule has 102 valence electrons. The molecule has 0 saturated heterocycles. The van der Waals surface area contributed by atoms with Crippen LogP contribution in [0.15, 0.2) is 46.9 Å². The molecule has 2 aromatic rings. The number of hydrogen-bond acceptors (Lipinski definition) is 1. The molecular weight excluding hydrogens is 338 g/mol. The summed E-state index contributed by atoms with van der Waals surface area (Å²) in [5, 5.41) is 3.63. The van der Waals surface area contributed by atoms with Crippen LogP contribution in [0.25, 0.3) is 0 Å². The minimum absolute atomic E-state index is 0.0778. The fraction of sp³-hybridized carbons (Fsp3) is 0.188. The molecule has 0 atom stereocenters. The first-order valence-corrected chi connectivity index (χ1v) is 7.62. The van der Waals surface area contributed by atoms with Gasteiger partial charge in [-0.3, -0.25) is 4.79 Å². The molecule has 1 aliphatic rings. The van der Waals surface area contributed by atoms with Crippen molar-refractivity contribution in [1.29, 1.82) is 0 Å². The first kappa shape index (κ1) is 13.7. The van der Waals surface area contributed by atoms with Crippen LogP contribution >= 0.6 is 27.5 Å². The Morgan fingerprint density at radius 3 is 2.40 bits per heavy atom. The average molecular weight is 351 g/mol. The molecule has 0 saturated carbocycles. The molecule has 1 amide bonds. The highest BCUT2D eigenvalue weighted by Gasteiger charge is 2.22. The summed E-state index contributed by atoms with van der Waals surface area (Å²) in [6.07, 6.45) is 1.79. The number of nitrogens with one attached hydrogen (secondary N) is 1. The number of carbonyl (C=O) groups excluding carboxylic acids is 1. The van der Waals surface area contributed by atoms with Gasteiger partial charge in [-0.15, -0.1) is 0 Å². The van der Waals surface area contributed by atoms with E-state index >= 15 is 0 Å². The van der Waals surface area contributed by atoms with Gasteiger partial charge in [0, 0.05) is 21.1 Å². The Bertz CT molecular complexity index is 626. The van der Waals surface area contributed by atoms with Crippen molar-refractivity contribution in [3.63, 3.8) is 0 Å².